The molecule has 106 valence electrons. The lowest BCUT2D eigenvalue weighted by Crippen LogP contribution is -2.23. The number of halogens is 1. The molecule has 1 aliphatic carbocycles. The van der Waals surface area contributed by atoms with Crippen molar-refractivity contribution >= 4 is 5.69 Å². The second-order valence-corrected chi connectivity index (χ2v) is 5.55. The van der Waals surface area contributed by atoms with E-state index in [0.29, 0.717) is 23.0 Å². The minimum atomic E-state index is -0.369. The Morgan fingerprint density at radius 2 is 2.05 bits per heavy atom. The van der Waals surface area contributed by atoms with Crippen LogP contribution in [-0.4, -0.2) is 20.2 Å². The summed E-state index contributed by atoms with van der Waals surface area (Å²) < 4.78 is 15.3. The first kappa shape index (κ1) is 13.0. The quantitative estimate of drug-likeness (QED) is 0.856. The molecule has 0 radical (unpaired) electrons. The molecule has 0 spiro atoms. The van der Waals surface area contributed by atoms with Gasteiger partial charge in [0.2, 0.25) is 0 Å². The number of aromatic nitrogens is 4. The number of nitrogen functional groups attached to an aromatic ring is 1. The van der Waals surface area contributed by atoms with E-state index < -0.39 is 0 Å². The van der Waals surface area contributed by atoms with Gasteiger partial charge in [-0.2, -0.15) is 0 Å². The van der Waals surface area contributed by atoms with Gasteiger partial charge in [-0.15, -0.1) is 5.10 Å². The van der Waals surface area contributed by atoms with E-state index in [9.17, 15) is 4.39 Å². The van der Waals surface area contributed by atoms with Crippen LogP contribution in [0.1, 0.15) is 38.6 Å². The molecular weight excluding hydrogens is 257 g/mol. The normalized spacial score (nSPS) is 22.9. The van der Waals surface area contributed by atoms with Crippen molar-refractivity contribution in [1.29, 1.82) is 0 Å². The smallest absolute Gasteiger partial charge is 0.182 e. The van der Waals surface area contributed by atoms with Gasteiger partial charge in [-0.25, -0.2) is 9.07 Å². The first-order valence-electron chi connectivity index (χ1n) is 6.99. The number of rotatable bonds is 2. The average Bonchev–Trinajstić information content (AvgIpc) is 2.87. The molecule has 5 nitrogen and oxygen atoms in total. The molecule has 1 aromatic heterocycles. The van der Waals surface area contributed by atoms with Crippen LogP contribution in [0.2, 0.25) is 0 Å². The molecule has 2 unspecified atom stereocenters. The maximum atomic E-state index is 13.5. The van der Waals surface area contributed by atoms with Crippen LogP contribution < -0.4 is 5.73 Å². The molecule has 2 aromatic rings. The molecule has 20 heavy (non-hydrogen) atoms. The summed E-state index contributed by atoms with van der Waals surface area (Å²) in [6.07, 6.45) is 4.67. The Morgan fingerprint density at radius 3 is 2.80 bits per heavy atom. The third-order valence-corrected chi connectivity index (χ3v) is 4.05. The summed E-state index contributed by atoms with van der Waals surface area (Å²) >= 11 is 0. The summed E-state index contributed by atoms with van der Waals surface area (Å²) in [4.78, 5) is 0. The second kappa shape index (κ2) is 5.19. The molecule has 2 atom stereocenters. The number of nitrogens with two attached hydrogens (primary N) is 1. The fraction of sp³-hybridized carbons (Fsp3) is 0.500. The maximum absolute atomic E-state index is 13.5. The molecule has 1 saturated carbocycles. The monoisotopic (exact) mass is 275 g/mol. The van der Waals surface area contributed by atoms with Crippen molar-refractivity contribution in [2.24, 2.45) is 5.92 Å². The number of tetrazole rings is 1. The van der Waals surface area contributed by atoms with E-state index in [1.165, 1.54) is 31.4 Å². The largest absolute Gasteiger partial charge is 0.399 e. The Kier molecular flexibility index (Phi) is 3.38. The topological polar surface area (TPSA) is 69.6 Å². The number of hydrogen-bond acceptors (Lipinski definition) is 4. The summed E-state index contributed by atoms with van der Waals surface area (Å²) in [6, 6.07) is 4.70. The summed E-state index contributed by atoms with van der Waals surface area (Å²) in [7, 11) is 0. The van der Waals surface area contributed by atoms with Crippen LogP contribution in [-0.2, 0) is 0 Å². The van der Waals surface area contributed by atoms with E-state index in [4.69, 9.17) is 5.73 Å². The van der Waals surface area contributed by atoms with Crippen molar-refractivity contribution in [3.8, 4) is 11.4 Å². The van der Waals surface area contributed by atoms with Crippen molar-refractivity contribution in [3.05, 3.63) is 24.0 Å². The maximum Gasteiger partial charge on any atom is 0.182 e. The zero-order valence-corrected chi connectivity index (χ0v) is 11.5. The van der Waals surface area contributed by atoms with E-state index in [0.717, 1.165) is 6.42 Å². The third-order valence-electron chi connectivity index (χ3n) is 4.05. The Labute approximate surface area is 117 Å². The standard InChI is InChI=1S/C14H18FN5/c1-9-4-2-3-5-13(9)20-14(17-18-19-20)10-6-11(15)8-12(16)7-10/h6-9,13H,2-5,16H2,1H3. The van der Waals surface area contributed by atoms with Gasteiger partial charge >= 0.3 is 0 Å². The molecule has 0 bridgehead atoms. The van der Waals surface area contributed by atoms with E-state index in [2.05, 4.69) is 22.4 Å². The first-order chi connectivity index (χ1) is 9.65. The van der Waals surface area contributed by atoms with E-state index in [1.807, 2.05) is 4.68 Å². The summed E-state index contributed by atoms with van der Waals surface area (Å²) in [5.41, 5.74) is 6.71. The highest BCUT2D eigenvalue weighted by Crippen LogP contribution is 2.35. The van der Waals surface area contributed by atoms with Gasteiger partial charge in [0.25, 0.3) is 0 Å². The molecule has 6 heteroatoms. The van der Waals surface area contributed by atoms with Gasteiger partial charge in [0.15, 0.2) is 5.82 Å². The lowest BCUT2D eigenvalue weighted by Gasteiger charge is -2.29. The molecule has 0 saturated heterocycles. The van der Waals surface area contributed by atoms with E-state index in [1.54, 1.807) is 6.07 Å². The fourth-order valence-corrected chi connectivity index (χ4v) is 3.01. The van der Waals surface area contributed by atoms with Gasteiger partial charge < -0.3 is 5.73 Å². The zero-order chi connectivity index (χ0) is 14.1. The second-order valence-electron chi connectivity index (χ2n) is 5.55. The van der Waals surface area contributed by atoms with Crippen molar-refractivity contribution in [2.45, 2.75) is 38.6 Å². The average molecular weight is 275 g/mol. The van der Waals surface area contributed by atoms with Crippen molar-refractivity contribution in [1.82, 2.24) is 20.2 Å². The van der Waals surface area contributed by atoms with E-state index in [-0.39, 0.29) is 11.9 Å². The van der Waals surface area contributed by atoms with Crippen LogP contribution in [0.15, 0.2) is 18.2 Å². The van der Waals surface area contributed by atoms with Crippen LogP contribution in [0.4, 0.5) is 10.1 Å². The number of nitrogens with zero attached hydrogens (tertiary/aromatic N) is 4. The van der Waals surface area contributed by atoms with Gasteiger partial charge in [-0.1, -0.05) is 19.8 Å². The van der Waals surface area contributed by atoms with Gasteiger partial charge in [0.05, 0.1) is 6.04 Å². The Hall–Kier alpha value is -1.98. The van der Waals surface area contributed by atoms with Crippen molar-refractivity contribution < 1.29 is 4.39 Å². The lowest BCUT2D eigenvalue weighted by atomic mass is 9.86. The van der Waals surface area contributed by atoms with Crippen LogP contribution in [0.5, 0.6) is 0 Å². The van der Waals surface area contributed by atoms with Crippen molar-refractivity contribution in [2.75, 3.05) is 5.73 Å². The van der Waals surface area contributed by atoms with Gasteiger partial charge in [-0.05, 0) is 47.4 Å². The summed E-state index contributed by atoms with van der Waals surface area (Å²) in [5, 5.41) is 11.9. The number of anilines is 1. The first-order valence-corrected chi connectivity index (χ1v) is 6.99. The third kappa shape index (κ3) is 2.37. The highest BCUT2D eigenvalue weighted by atomic mass is 19.1. The predicted molar refractivity (Wildman–Crippen MR) is 74.3 cm³/mol. The SMILES string of the molecule is CC1CCCCC1n1nnnc1-c1cc(N)cc(F)c1. The molecule has 2 N–H and O–H groups in total. The summed E-state index contributed by atoms with van der Waals surface area (Å²) in [6.45, 7) is 2.22. The number of hydrogen-bond donors (Lipinski definition) is 1. The molecule has 1 fully saturated rings. The Balaban J connectivity index is 2.01. The number of benzene rings is 1. The lowest BCUT2D eigenvalue weighted by molar-refractivity contribution is 0.239. The van der Waals surface area contributed by atoms with Crippen LogP contribution in [0.3, 0.4) is 0 Å². The minimum Gasteiger partial charge on any atom is -0.399 e. The van der Waals surface area contributed by atoms with Crippen LogP contribution >= 0.6 is 0 Å². The summed E-state index contributed by atoms with van der Waals surface area (Å²) in [5.74, 6) is 0.748. The molecule has 0 amide bonds. The molecule has 3 rings (SSSR count). The molecule has 0 aliphatic heterocycles. The Bertz CT molecular complexity index is 589. The van der Waals surface area contributed by atoms with Gasteiger partial charge in [0.1, 0.15) is 5.82 Å². The molecule has 1 heterocycles. The predicted octanol–water partition coefficient (Wildman–Crippen LogP) is 2.81. The highest BCUT2D eigenvalue weighted by Gasteiger charge is 2.26. The Morgan fingerprint density at radius 1 is 1.25 bits per heavy atom. The minimum absolute atomic E-state index is 0.276. The highest BCUT2D eigenvalue weighted by molar-refractivity contribution is 5.61. The van der Waals surface area contributed by atoms with Gasteiger partial charge in [-0.3, -0.25) is 0 Å². The molecular formula is C14H18FN5. The zero-order valence-electron chi connectivity index (χ0n) is 11.5. The molecule has 1 aromatic carbocycles. The molecule has 1 aliphatic rings. The van der Waals surface area contributed by atoms with Gasteiger partial charge in [0, 0.05) is 11.3 Å². The van der Waals surface area contributed by atoms with E-state index >= 15 is 0 Å². The van der Waals surface area contributed by atoms with Crippen LogP contribution in [0, 0.1) is 11.7 Å². The van der Waals surface area contributed by atoms with Crippen molar-refractivity contribution in [3.63, 3.8) is 0 Å². The van der Waals surface area contributed by atoms with Crippen LogP contribution in [0.25, 0.3) is 11.4 Å². The fourth-order valence-electron chi connectivity index (χ4n) is 3.01.